The number of fused-ring (bicyclic) bond motifs is 1. The molecule has 0 fully saturated rings. The lowest BCUT2D eigenvalue weighted by Crippen LogP contribution is -2.15. The molecule has 0 radical (unpaired) electrons. The van der Waals surface area contributed by atoms with Crippen molar-refractivity contribution >= 4 is 15.9 Å². The molecule has 76 valence electrons. The molecule has 0 spiro atoms. The van der Waals surface area contributed by atoms with Crippen LogP contribution in [-0.2, 0) is 0 Å². The van der Waals surface area contributed by atoms with E-state index < -0.39 is 0 Å². The summed E-state index contributed by atoms with van der Waals surface area (Å²) in [5.74, 6) is 1.42. The summed E-state index contributed by atoms with van der Waals surface area (Å²) in [5, 5.41) is 3.28. The fourth-order valence-electron chi connectivity index (χ4n) is 2.47. The molecule has 0 aromatic heterocycles. The zero-order chi connectivity index (χ0) is 10.1. The molecule has 0 saturated carbocycles. The van der Waals surface area contributed by atoms with Crippen molar-refractivity contribution in [1.82, 2.24) is 5.32 Å². The molecule has 0 bridgehead atoms. The number of nitrogens with one attached hydrogen (secondary N) is 1. The molecule has 1 N–H and O–H groups in total. The van der Waals surface area contributed by atoms with Gasteiger partial charge in [-0.15, -0.1) is 0 Å². The van der Waals surface area contributed by atoms with E-state index in [0.29, 0.717) is 5.92 Å². The Bertz CT molecular complexity index is 335. The van der Waals surface area contributed by atoms with E-state index in [1.165, 1.54) is 22.0 Å². The van der Waals surface area contributed by atoms with Gasteiger partial charge in [0.25, 0.3) is 0 Å². The summed E-state index contributed by atoms with van der Waals surface area (Å²) in [4.78, 5) is 0. The molecule has 0 heterocycles. The summed E-state index contributed by atoms with van der Waals surface area (Å²) < 4.78 is 1.20. The van der Waals surface area contributed by atoms with E-state index in [-0.39, 0.29) is 0 Å². The van der Waals surface area contributed by atoms with E-state index in [1.54, 1.807) is 0 Å². The predicted octanol–water partition coefficient (Wildman–Crippen LogP) is 3.26. The average Bonchev–Trinajstić information content (AvgIpc) is 2.44. The van der Waals surface area contributed by atoms with Gasteiger partial charge >= 0.3 is 0 Å². The van der Waals surface area contributed by atoms with E-state index in [4.69, 9.17) is 0 Å². The fourth-order valence-corrected chi connectivity index (χ4v) is 2.85. The maximum absolute atomic E-state index is 3.54. The van der Waals surface area contributed by atoms with Crippen LogP contribution in [-0.4, -0.2) is 13.6 Å². The van der Waals surface area contributed by atoms with Crippen molar-refractivity contribution in [1.29, 1.82) is 0 Å². The number of rotatable bonds is 2. The van der Waals surface area contributed by atoms with Crippen LogP contribution in [0.1, 0.15) is 36.3 Å². The summed E-state index contributed by atoms with van der Waals surface area (Å²) in [6.45, 7) is 3.41. The van der Waals surface area contributed by atoms with Crippen LogP contribution in [0.25, 0.3) is 0 Å². The molecule has 1 nitrogen and oxygen atoms in total. The first-order valence-corrected chi connectivity index (χ1v) is 5.95. The zero-order valence-corrected chi connectivity index (χ0v) is 10.3. The molecule has 0 amide bonds. The Morgan fingerprint density at radius 1 is 1.43 bits per heavy atom. The maximum atomic E-state index is 3.54. The quantitative estimate of drug-likeness (QED) is 0.854. The highest BCUT2D eigenvalue weighted by atomic mass is 79.9. The lowest BCUT2D eigenvalue weighted by Gasteiger charge is -2.10. The Morgan fingerprint density at radius 3 is 2.93 bits per heavy atom. The molecule has 1 aliphatic carbocycles. The lowest BCUT2D eigenvalue weighted by atomic mass is 10.0. The molecule has 14 heavy (non-hydrogen) atoms. The Hall–Kier alpha value is -0.340. The SMILES string of the molecule is CNCC1CC(C)c2ccc(Br)cc21. The van der Waals surface area contributed by atoms with Crippen LogP contribution in [0, 0.1) is 0 Å². The number of hydrogen-bond acceptors (Lipinski definition) is 1. The smallest absolute Gasteiger partial charge is 0.0178 e. The van der Waals surface area contributed by atoms with Crippen LogP contribution in [0.3, 0.4) is 0 Å². The molecule has 1 aliphatic rings. The van der Waals surface area contributed by atoms with Crippen molar-refractivity contribution in [3.05, 3.63) is 33.8 Å². The van der Waals surface area contributed by atoms with E-state index in [0.717, 1.165) is 12.5 Å². The summed E-state index contributed by atoms with van der Waals surface area (Å²) >= 11 is 3.54. The normalized spacial score (nSPS) is 25.1. The summed E-state index contributed by atoms with van der Waals surface area (Å²) in [6.07, 6.45) is 1.28. The minimum Gasteiger partial charge on any atom is -0.319 e. The minimum absolute atomic E-state index is 0.697. The van der Waals surface area contributed by atoms with E-state index in [9.17, 15) is 0 Å². The van der Waals surface area contributed by atoms with Gasteiger partial charge in [-0.25, -0.2) is 0 Å². The molecule has 2 unspecified atom stereocenters. The van der Waals surface area contributed by atoms with Crippen molar-refractivity contribution in [2.45, 2.75) is 25.2 Å². The van der Waals surface area contributed by atoms with Gasteiger partial charge in [-0.2, -0.15) is 0 Å². The summed E-state index contributed by atoms with van der Waals surface area (Å²) in [5.41, 5.74) is 3.06. The third-order valence-electron chi connectivity index (χ3n) is 3.11. The molecule has 0 aliphatic heterocycles. The van der Waals surface area contributed by atoms with Gasteiger partial charge in [0.15, 0.2) is 0 Å². The molecule has 2 heteroatoms. The van der Waals surface area contributed by atoms with E-state index in [2.05, 4.69) is 46.4 Å². The molecule has 2 rings (SSSR count). The van der Waals surface area contributed by atoms with E-state index in [1.807, 2.05) is 7.05 Å². The molecule has 1 aromatic carbocycles. The standard InChI is InChI=1S/C12H16BrN/c1-8-5-9(7-14-2)12-6-10(13)3-4-11(8)12/h3-4,6,8-9,14H,5,7H2,1-2H3. The fraction of sp³-hybridized carbons (Fsp3) is 0.500. The van der Waals surface area contributed by atoms with Crippen LogP contribution in [0.2, 0.25) is 0 Å². The minimum atomic E-state index is 0.697. The number of halogens is 1. The first kappa shape index (κ1) is 10.2. The van der Waals surface area contributed by atoms with Gasteiger partial charge in [-0.1, -0.05) is 28.9 Å². The van der Waals surface area contributed by atoms with Crippen LogP contribution in [0.5, 0.6) is 0 Å². The molecular weight excluding hydrogens is 238 g/mol. The monoisotopic (exact) mass is 253 g/mol. The second kappa shape index (κ2) is 4.03. The largest absolute Gasteiger partial charge is 0.319 e. The van der Waals surface area contributed by atoms with Gasteiger partial charge < -0.3 is 5.32 Å². The highest BCUT2D eigenvalue weighted by molar-refractivity contribution is 9.10. The highest BCUT2D eigenvalue weighted by Crippen LogP contribution is 2.41. The van der Waals surface area contributed by atoms with Crippen molar-refractivity contribution in [3.63, 3.8) is 0 Å². The highest BCUT2D eigenvalue weighted by Gasteiger charge is 2.27. The molecule has 0 saturated heterocycles. The molecule has 2 atom stereocenters. The number of benzene rings is 1. The predicted molar refractivity (Wildman–Crippen MR) is 63.8 cm³/mol. The second-order valence-electron chi connectivity index (χ2n) is 4.16. The van der Waals surface area contributed by atoms with Gasteiger partial charge in [0, 0.05) is 11.0 Å². The van der Waals surface area contributed by atoms with Crippen LogP contribution in [0.4, 0.5) is 0 Å². The van der Waals surface area contributed by atoms with Gasteiger partial charge in [0.05, 0.1) is 0 Å². The van der Waals surface area contributed by atoms with Gasteiger partial charge in [-0.3, -0.25) is 0 Å². The van der Waals surface area contributed by atoms with Gasteiger partial charge in [-0.05, 0) is 48.6 Å². The van der Waals surface area contributed by atoms with Gasteiger partial charge in [0.1, 0.15) is 0 Å². The van der Waals surface area contributed by atoms with Crippen LogP contribution in [0.15, 0.2) is 22.7 Å². The third kappa shape index (κ3) is 1.73. The summed E-state index contributed by atoms with van der Waals surface area (Å²) in [6, 6.07) is 6.69. The van der Waals surface area contributed by atoms with Crippen molar-refractivity contribution in [3.8, 4) is 0 Å². The van der Waals surface area contributed by atoms with Crippen molar-refractivity contribution in [2.75, 3.05) is 13.6 Å². The van der Waals surface area contributed by atoms with Gasteiger partial charge in [0.2, 0.25) is 0 Å². The first-order chi connectivity index (χ1) is 6.72. The maximum Gasteiger partial charge on any atom is 0.0178 e. The lowest BCUT2D eigenvalue weighted by molar-refractivity contribution is 0.584. The van der Waals surface area contributed by atoms with Crippen molar-refractivity contribution in [2.24, 2.45) is 0 Å². The van der Waals surface area contributed by atoms with E-state index >= 15 is 0 Å². The second-order valence-corrected chi connectivity index (χ2v) is 5.08. The van der Waals surface area contributed by atoms with Crippen LogP contribution >= 0.6 is 15.9 Å². The number of hydrogen-bond donors (Lipinski definition) is 1. The van der Waals surface area contributed by atoms with Crippen molar-refractivity contribution < 1.29 is 0 Å². The molecular formula is C12H16BrN. The topological polar surface area (TPSA) is 12.0 Å². The zero-order valence-electron chi connectivity index (χ0n) is 8.68. The summed E-state index contributed by atoms with van der Waals surface area (Å²) in [7, 11) is 2.03. The molecule has 1 aromatic rings. The Balaban J connectivity index is 2.35. The Morgan fingerprint density at radius 2 is 2.21 bits per heavy atom. The van der Waals surface area contributed by atoms with Crippen LogP contribution < -0.4 is 5.32 Å². The Labute approximate surface area is 94.0 Å². The first-order valence-electron chi connectivity index (χ1n) is 5.16. The Kier molecular flexibility index (Phi) is 2.93. The number of likely N-dealkylation sites (N-methyl/N-ethyl adjacent to an activating group) is 1. The average molecular weight is 254 g/mol. The third-order valence-corrected chi connectivity index (χ3v) is 3.60.